The zero-order chi connectivity index (χ0) is 11.5. The van der Waals surface area contributed by atoms with E-state index >= 15 is 0 Å². The summed E-state index contributed by atoms with van der Waals surface area (Å²) in [5.41, 5.74) is 5.13. The highest BCUT2D eigenvalue weighted by atomic mass is 16.5. The normalized spacial score (nSPS) is 41.6. The number of amides is 1. The third kappa shape index (κ3) is 1.39. The van der Waals surface area contributed by atoms with Gasteiger partial charge in [0.05, 0.1) is 17.7 Å². The highest BCUT2D eigenvalue weighted by Crippen LogP contribution is 2.47. The van der Waals surface area contributed by atoms with Crippen LogP contribution in [0.15, 0.2) is 0 Å². The van der Waals surface area contributed by atoms with Crippen LogP contribution in [-0.4, -0.2) is 41.6 Å². The molecule has 4 heteroatoms. The minimum atomic E-state index is -0.738. The van der Waals surface area contributed by atoms with Crippen LogP contribution in [0.5, 0.6) is 0 Å². The number of hydrogen-bond acceptors (Lipinski definition) is 3. The van der Waals surface area contributed by atoms with Crippen LogP contribution in [-0.2, 0) is 9.53 Å². The minimum Gasteiger partial charge on any atom is -0.374 e. The number of fused-ring (bicyclic) bond motifs is 5. The fourth-order valence-corrected chi connectivity index (χ4v) is 3.53. The molecule has 0 aromatic carbocycles. The van der Waals surface area contributed by atoms with E-state index in [1.54, 1.807) is 13.8 Å². The average Bonchev–Trinajstić information content (AvgIpc) is 2.86. The van der Waals surface area contributed by atoms with Gasteiger partial charge in [0.15, 0.2) is 0 Å². The monoisotopic (exact) mass is 224 g/mol. The van der Waals surface area contributed by atoms with Crippen molar-refractivity contribution in [2.24, 2.45) is 17.6 Å². The zero-order valence-electron chi connectivity index (χ0n) is 9.98. The zero-order valence-corrected chi connectivity index (χ0v) is 9.98. The Morgan fingerprint density at radius 2 is 1.75 bits per heavy atom. The molecule has 0 saturated carbocycles. The summed E-state index contributed by atoms with van der Waals surface area (Å²) in [6.45, 7) is 5.28. The molecule has 2 N–H and O–H groups in total. The van der Waals surface area contributed by atoms with Gasteiger partial charge in [-0.05, 0) is 26.7 Å². The Morgan fingerprint density at radius 3 is 2.19 bits per heavy atom. The number of rotatable bonds is 1. The van der Waals surface area contributed by atoms with E-state index in [-0.39, 0.29) is 5.91 Å². The van der Waals surface area contributed by atoms with Gasteiger partial charge in [0.2, 0.25) is 5.91 Å². The molecule has 0 aromatic rings. The van der Waals surface area contributed by atoms with Crippen molar-refractivity contribution in [3.63, 3.8) is 0 Å². The van der Waals surface area contributed by atoms with Gasteiger partial charge in [-0.1, -0.05) is 0 Å². The quantitative estimate of drug-likeness (QED) is 0.699. The maximum atomic E-state index is 12.1. The van der Waals surface area contributed by atoms with E-state index in [4.69, 9.17) is 10.5 Å². The van der Waals surface area contributed by atoms with Gasteiger partial charge in [-0.2, -0.15) is 0 Å². The van der Waals surface area contributed by atoms with Gasteiger partial charge >= 0.3 is 0 Å². The molecule has 3 rings (SSSR count). The minimum absolute atomic E-state index is 0.0845. The fraction of sp³-hybridized carbons (Fsp3) is 0.917. The summed E-state index contributed by atoms with van der Waals surface area (Å²) < 4.78 is 5.88. The molecule has 0 aliphatic carbocycles. The molecule has 0 spiro atoms. The number of nitrogens with zero attached hydrogens (tertiary/aromatic N) is 1. The molecule has 3 saturated heterocycles. The highest BCUT2D eigenvalue weighted by molar-refractivity contribution is 5.85. The van der Waals surface area contributed by atoms with Gasteiger partial charge in [0.25, 0.3) is 0 Å². The van der Waals surface area contributed by atoms with Gasteiger partial charge < -0.3 is 15.4 Å². The highest BCUT2D eigenvalue weighted by Gasteiger charge is 2.54. The molecule has 4 nitrogen and oxygen atoms in total. The van der Waals surface area contributed by atoms with E-state index in [1.807, 2.05) is 4.90 Å². The van der Waals surface area contributed by atoms with Gasteiger partial charge in [-0.25, -0.2) is 0 Å². The molecule has 4 unspecified atom stereocenters. The van der Waals surface area contributed by atoms with Crippen LogP contribution in [0.4, 0.5) is 0 Å². The molecule has 3 heterocycles. The van der Waals surface area contributed by atoms with Crippen LogP contribution in [0.2, 0.25) is 0 Å². The van der Waals surface area contributed by atoms with Crippen molar-refractivity contribution >= 4 is 5.91 Å². The van der Waals surface area contributed by atoms with E-state index < -0.39 is 5.54 Å². The molecule has 16 heavy (non-hydrogen) atoms. The van der Waals surface area contributed by atoms with Gasteiger partial charge in [-0.15, -0.1) is 0 Å². The standard InChI is InChI=1S/C12H20N2O2/c1-12(2,13)11(15)14-5-7-8(6-14)10-4-3-9(7)16-10/h7-10H,3-6,13H2,1-2H3. The van der Waals surface area contributed by atoms with E-state index in [2.05, 4.69) is 0 Å². The lowest BCUT2D eigenvalue weighted by molar-refractivity contribution is -0.135. The Bertz CT molecular complexity index is 305. The second kappa shape index (κ2) is 3.20. The molecule has 3 aliphatic heterocycles. The number of nitrogens with two attached hydrogens (primary N) is 1. The average molecular weight is 224 g/mol. The molecule has 1 amide bonds. The topological polar surface area (TPSA) is 55.6 Å². The van der Waals surface area contributed by atoms with Crippen LogP contribution in [0.1, 0.15) is 26.7 Å². The Labute approximate surface area is 96.1 Å². The summed E-state index contributed by atoms with van der Waals surface area (Å²) in [5, 5.41) is 0. The lowest BCUT2D eigenvalue weighted by Crippen LogP contribution is -2.50. The van der Waals surface area contributed by atoms with Crippen molar-refractivity contribution in [1.29, 1.82) is 0 Å². The van der Waals surface area contributed by atoms with Crippen LogP contribution in [0.3, 0.4) is 0 Å². The fourth-order valence-electron chi connectivity index (χ4n) is 3.53. The molecule has 4 atom stereocenters. The van der Waals surface area contributed by atoms with Crippen LogP contribution in [0.25, 0.3) is 0 Å². The van der Waals surface area contributed by atoms with E-state index in [0.717, 1.165) is 13.1 Å². The molecular formula is C12H20N2O2. The molecule has 0 radical (unpaired) electrons. The molecule has 3 aliphatic rings. The van der Waals surface area contributed by atoms with Crippen molar-refractivity contribution in [3.8, 4) is 0 Å². The summed E-state index contributed by atoms with van der Waals surface area (Å²) in [7, 11) is 0. The smallest absolute Gasteiger partial charge is 0.242 e. The molecule has 90 valence electrons. The second-order valence-electron chi connectivity index (χ2n) is 6.05. The van der Waals surface area contributed by atoms with Gasteiger partial charge in [-0.3, -0.25) is 4.79 Å². The number of ether oxygens (including phenoxy) is 1. The number of carbonyl (C=O) groups excluding carboxylic acids is 1. The summed E-state index contributed by atoms with van der Waals surface area (Å²) >= 11 is 0. The van der Waals surface area contributed by atoms with E-state index in [0.29, 0.717) is 24.0 Å². The summed E-state index contributed by atoms with van der Waals surface area (Å²) in [4.78, 5) is 14.0. The number of likely N-dealkylation sites (tertiary alicyclic amines) is 1. The van der Waals surface area contributed by atoms with Crippen molar-refractivity contribution in [3.05, 3.63) is 0 Å². The second-order valence-corrected chi connectivity index (χ2v) is 6.05. The molecule has 2 bridgehead atoms. The predicted octanol–water partition coefficient (Wildman–Crippen LogP) is 0.359. The van der Waals surface area contributed by atoms with Gasteiger partial charge in [0, 0.05) is 24.9 Å². The number of hydrogen-bond donors (Lipinski definition) is 1. The van der Waals surface area contributed by atoms with Crippen LogP contribution >= 0.6 is 0 Å². The summed E-state index contributed by atoms with van der Waals surface area (Å²) in [6, 6.07) is 0. The van der Waals surface area contributed by atoms with Crippen molar-refractivity contribution in [2.75, 3.05) is 13.1 Å². The third-order valence-electron chi connectivity index (χ3n) is 4.29. The Morgan fingerprint density at radius 1 is 1.25 bits per heavy atom. The molecule has 0 aromatic heterocycles. The first-order valence-corrected chi connectivity index (χ1v) is 6.20. The third-order valence-corrected chi connectivity index (χ3v) is 4.29. The van der Waals surface area contributed by atoms with Crippen molar-refractivity contribution < 1.29 is 9.53 Å². The Hall–Kier alpha value is -0.610. The van der Waals surface area contributed by atoms with Crippen molar-refractivity contribution in [1.82, 2.24) is 4.90 Å². The predicted molar refractivity (Wildman–Crippen MR) is 59.7 cm³/mol. The summed E-state index contributed by atoms with van der Waals surface area (Å²) in [5.74, 6) is 1.23. The van der Waals surface area contributed by atoms with E-state index in [1.165, 1.54) is 12.8 Å². The van der Waals surface area contributed by atoms with Crippen LogP contribution < -0.4 is 5.73 Å². The molecular weight excluding hydrogens is 204 g/mol. The first-order valence-electron chi connectivity index (χ1n) is 6.20. The Kier molecular flexibility index (Phi) is 2.11. The lowest BCUT2D eigenvalue weighted by Gasteiger charge is -2.26. The lowest BCUT2D eigenvalue weighted by atomic mass is 9.82. The Balaban J connectivity index is 1.73. The maximum absolute atomic E-state index is 12.1. The molecule has 3 fully saturated rings. The number of carbonyl (C=O) groups is 1. The first kappa shape index (κ1) is 10.5. The largest absolute Gasteiger partial charge is 0.374 e. The van der Waals surface area contributed by atoms with Crippen molar-refractivity contribution in [2.45, 2.75) is 44.4 Å². The van der Waals surface area contributed by atoms with Gasteiger partial charge in [0.1, 0.15) is 0 Å². The van der Waals surface area contributed by atoms with E-state index in [9.17, 15) is 4.79 Å². The first-order chi connectivity index (χ1) is 7.47. The van der Waals surface area contributed by atoms with Crippen LogP contribution in [0, 0.1) is 11.8 Å². The summed E-state index contributed by atoms with van der Waals surface area (Å²) in [6.07, 6.45) is 3.18. The maximum Gasteiger partial charge on any atom is 0.242 e. The SMILES string of the molecule is CC(C)(N)C(=O)N1CC2C3CCC(O3)C2C1.